The number of rotatable bonds is 2. The number of benzene rings is 1. The van der Waals surface area contributed by atoms with Crippen LogP contribution in [0.15, 0.2) is 42.7 Å². The summed E-state index contributed by atoms with van der Waals surface area (Å²) in [5.41, 5.74) is 0.137. The zero-order valence-corrected chi connectivity index (χ0v) is 18.4. The molecule has 1 unspecified atom stereocenters. The van der Waals surface area contributed by atoms with Crippen LogP contribution in [0.1, 0.15) is 18.7 Å². The van der Waals surface area contributed by atoms with Crippen LogP contribution in [0, 0.1) is 0 Å². The van der Waals surface area contributed by atoms with Crippen molar-refractivity contribution in [1.82, 2.24) is 24.3 Å². The number of hydrogen-bond donors (Lipinski definition) is 1. The molecule has 0 bridgehead atoms. The first-order valence-corrected chi connectivity index (χ1v) is 11.3. The number of anilines is 1. The first-order chi connectivity index (χ1) is 15.5. The molecule has 32 heavy (non-hydrogen) atoms. The summed E-state index contributed by atoms with van der Waals surface area (Å²) >= 11 is 0. The van der Waals surface area contributed by atoms with E-state index >= 15 is 0 Å². The molecule has 3 aliphatic rings. The summed E-state index contributed by atoms with van der Waals surface area (Å²) in [6.45, 7) is 4.79. The Labute approximate surface area is 187 Å². The van der Waals surface area contributed by atoms with Crippen LogP contribution >= 0.6 is 0 Å². The van der Waals surface area contributed by atoms with Gasteiger partial charge in [0.15, 0.2) is 6.10 Å². The summed E-state index contributed by atoms with van der Waals surface area (Å²) in [5.74, 6) is 0.920. The van der Waals surface area contributed by atoms with E-state index in [1.165, 1.54) is 0 Å². The SMILES string of the molecule is CN1CCN(C(=O)C2Cn3ccnc3C3(CCN(C(=O)Nc4ccccc4)CC3)O2)CC1. The van der Waals surface area contributed by atoms with E-state index in [1.54, 1.807) is 11.1 Å². The summed E-state index contributed by atoms with van der Waals surface area (Å²) in [6.07, 6.45) is 4.40. The average molecular weight is 439 g/mol. The number of nitrogens with one attached hydrogen (secondary N) is 1. The van der Waals surface area contributed by atoms with Crippen molar-refractivity contribution >= 4 is 17.6 Å². The molecule has 0 radical (unpaired) electrons. The summed E-state index contributed by atoms with van der Waals surface area (Å²) in [4.78, 5) is 36.5. The lowest BCUT2D eigenvalue weighted by molar-refractivity contribution is -0.180. The summed E-state index contributed by atoms with van der Waals surface area (Å²) in [7, 11) is 2.08. The summed E-state index contributed by atoms with van der Waals surface area (Å²) in [5, 5.41) is 2.95. The number of likely N-dealkylation sites (N-methyl/N-ethyl adjacent to an activating group) is 1. The lowest BCUT2D eigenvalue weighted by Gasteiger charge is -2.46. The number of nitrogens with zero attached hydrogens (tertiary/aromatic N) is 5. The van der Waals surface area contributed by atoms with Gasteiger partial charge in [0, 0.05) is 70.2 Å². The number of fused-ring (bicyclic) bond motifs is 2. The predicted octanol–water partition coefficient (Wildman–Crippen LogP) is 1.58. The minimum atomic E-state index is -0.641. The van der Waals surface area contributed by atoms with Gasteiger partial charge in [-0.1, -0.05) is 18.2 Å². The molecule has 1 atom stereocenters. The second-order valence-electron chi connectivity index (χ2n) is 8.92. The van der Waals surface area contributed by atoms with E-state index in [9.17, 15) is 9.59 Å². The van der Waals surface area contributed by atoms with Gasteiger partial charge in [0.1, 0.15) is 11.4 Å². The summed E-state index contributed by atoms with van der Waals surface area (Å²) in [6, 6.07) is 9.35. The number of urea groups is 1. The monoisotopic (exact) mass is 438 g/mol. The third-order valence-electron chi connectivity index (χ3n) is 6.83. The Hall–Kier alpha value is -2.91. The Bertz CT molecular complexity index is 961. The molecule has 1 aromatic heterocycles. The topological polar surface area (TPSA) is 82.9 Å². The van der Waals surface area contributed by atoms with Gasteiger partial charge in [-0.25, -0.2) is 9.78 Å². The lowest BCUT2D eigenvalue weighted by Crippen LogP contribution is -2.57. The molecule has 0 aliphatic carbocycles. The van der Waals surface area contributed by atoms with Crippen LogP contribution in [-0.4, -0.2) is 88.6 Å². The van der Waals surface area contributed by atoms with Gasteiger partial charge < -0.3 is 29.3 Å². The van der Waals surface area contributed by atoms with Gasteiger partial charge in [0.05, 0.1) is 6.54 Å². The zero-order chi connectivity index (χ0) is 22.1. The highest BCUT2D eigenvalue weighted by atomic mass is 16.5. The number of carbonyl (C=O) groups is 2. The third-order valence-corrected chi connectivity index (χ3v) is 6.83. The first-order valence-electron chi connectivity index (χ1n) is 11.3. The molecule has 170 valence electrons. The molecule has 1 N–H and O–H groups in total. The molecule has 3 amide bonds. The highest BCUT2D eigenvalue weighted by Gasteiger charge is 2.48. The highest BCUT2D eigenvalue weighted by Crippen LogP contribution is 2.40. The lowest BCUT2D eigenvalue weighted by atomic mass is 9.88. The van der Waals surface area contributed by atoms with Crippen LogP contribution < -0.4 is 5.32 Å². The third kappa shape index (κ3) is 3.98. The van der Waals surface area contributed by atoms with Crippen molar-refractivity contribution in [3.05, 3.63) is 48.5 Å². The van der Waals surface area contributed by atoms with Gasteiger partial charge in [-0.05, 0) is 19.2 Å². The second-order valence-corrected chi connectivity index (χ2v) is 8.92. The molecule has 1 aromatic carbocycles. The van der Waals surface area contributed by atoms with Crippen LogP contribution in [0.2, 0.25) is 0 Å². The maximum absolute atomic E-state index is 13.3. The van der Waals surface area contributed by atoms with Crippen molar-refractivity contribution < 1.29 is 14.3 Å². The summed E-state index contributed by atoms with van der Waals surface area (Å²) < 4.78 is 8.60. The number of ether oxygens (including phenoxy) is 1. The molecule has 2 saturated heterocycles. The molecular formula is C23H30N6O3. The normalized spacial score (nSPS) is 23.1. The van der Waals surface area contributed by atoms with Crippen molar-refractivity contribution in [2.24, 2.45) is 0 Å². The number of para-hydroxylation sites is 1. The highest BCUT2D eigenvalue weighted by molar-refractivity contribution is 5.89. The minimum Gasteiger partial charge on any atom is -0.352 e. The predicted molar refractivity (Wildman–Crippen MR) is 119 cm³/mol. The molecule has 5 rings (SSSR count). The minimum absolute atomic E-state index is 0.0566. The van der Waals surface area contributed by atoms with E-state index in [0.717, 1.165) is 37.7 Å². The number of aromatic nitrogens is 2. The van der Waals surface area contributed by atoms with Crippen molar-refractivity contribution in [1.29, 1.82) is 0 Å². The molecule has 9 nitrogen and oxygen atoms in total. The van der Waals surface area contributed by atoms with E-state index in [-0.39, 0.29) is 11.9 Å². The fraction of sp³-hybridized carbons (Fsp3) is 0.522. The Morgan fingerprint density at radius 3 is 2.47 bits per heavy atom. The largest absolute Gasteiger partial charge is 0.352 e. The van der Waals surface area contributed by atoms with Crippen LogP contribution in [-0.2, 0) is 21.7 Å². The van der Waals surface area contributed by atoms with Crippen LogP contribution in [0.25, 0.3) is 0 Å². The fourth-order valence-electron chi connectivity index (χ4n) is 4.89. The first kappa shape index (κ1) is 21.0. The maximum Gasteiger partial charge on any atom is 0.321 e. The number of amides is 3. The molecule has 2 aromatic rings. The molecule has 3 aliphatic heterocycles. The van der Waals surface area contributed by atoms with Crippen molar-refractivity contribution in [2.75, 3.05) is 51.6 Å². The molecule has 2 fully saturated rings. The van der Waals surface area contributed by atoms with Gasteiger partial charge >= 0.3 is 6.03 Å². The molecule has 1 spiro atoms. The number of carbonyl (C=O) groups excluding carboxylic acids is 2. The van der Waals surface area contributed by atoms with Crippen LogP contribution in [0.5, 0.6) is 0 Å². The average Bonchev–Trinajstić information content (AvgIpc) is 3.30. The number of likely N-dealkylation sites (tertiary alicyclic amines) is 1. The zero-order valence-electron chi connectivity index (χ0n) is 18.4. The van der Waals surface area contributed by atoms with Gasteiger partial charge in [-0.2, -0.15) is 0 Å². The van der Waals surface area contributed by atoms with E-state index in [1.807, 2.05) is 41.4 Å². The van der Waals surface area contributed by atoms with E-state index in [2.05, 4.69) is 26.8 Å². The van der Waals surface area contributed by atoms with Gasteiger partial charge in [-0.3, -0.25) is 4.79 Å². The second kappa shape index (κ2) is 8.55. The Balaban J connectivity index is 1.28. The van der Waals surface area contributed by atoms with E-state index < -0.39 is 11.7 Å². The van der Waals surface area contributed by atoms with E-state index in [0.29, 0.717) is 32.5 Å². The van der Waals surface area contributed by atoms with Crippen LogP contribution in [0.3, 0.4) is 0 Å². The maximum atomic E-state index is 13.3. The number of piperidine rings is 1. The Morgan fingerprint density at radius 2 is 1.75 bits per heavy atom. The molecule has 4 heterocycles. The smallest absolute Gasteiger partial charge is 0.321 e. The van der Waals surface area contributed by atoms with E-state index in [4.69, 9.17) is 4.74 Å². The van der Waals surface area contributed by atoms with Crippen molar-refractivity contribution in [2.45, 2.75) is 31.1 Å². The van der Waals surface area contributed by atoms with Gasteiger partial charge in [0.25, 0.3) is 5.91 Å². The molecule has 0 saturated carbocycles. The van der Waals surface area contributed by atoms with Gasteiger partial charge in [-0.15, -0.1) is 0 Å². The Morgan fingerprint density at radius 1 is 1.03 bits per heavy atom. The molecule has 9 heteroatoms. The van der Waals surface area contributed by atoms with Crippen LogP contribution in [0.4, 0.5) is 10.5 Å². The quantitative estimate of drug-likeness (QED) is 0.770. The number of imidazole rings is 1. The van der Waals surface area contributed by atoms with Crippen molar-refractivity contribution in [3.63, 3.8) is 0 Å². The number of piperazine rings is 1. The molecular weight excluding hydrogens is 408 g/mol. The van der Waals surface area contributed by atoms with Crippen molar-refractivity contribution in [3.8, 4) is 0 Å². The van der Waals surface area contributed by atoms with Gasteiger partial charge in [0.2, 0.25) is 0 Å². The standard InChI is InChI=1S/C23H30N6O3/c1-26-13-15-27(16-14-26)20(30)19-17-29-12-9-24-21(29)23(32-19)7-10-28(11-8-23)22(31)25-18-5-3-2-4-6-18/h2-6,9,12,19H,7-8,10-11,13-17H2,1H3,(H,25,31). The number of hydrogen-bond acceptors (Lipinski definition) is 5. The Kier molecular flexibility index (Phi) is 5.60. The fourth-order valence-corrected chi connectivity index (χ4v) is 4.89.